The Labute approximate surface area is 114 Å². The quantitative estimate of drug-likeness (QED) is 0.845. The molecule has 1 atom stereocenters. The average molecular weight is 256 g/mol. The highest BCUT2D eigenvalue weighted by Gasteiger charge is 2.22. The average Bonchev–Trinajstić information content (AvgIpc) is 2.40. The first-order chi connectivity index (χ1) is 9.00. The number of ether oxygens (including phenoxy) is 1. The maximum Gasteiger partial charge on any atom is 0.194 e. The van der Waals surface area contributed by atoms with Crippen molar-refractivity contribution in [3.8, 4) is 5.75 Å². The second kappa shape index (κ2) is 5.45. The van der Waals surface area contributed by atoms with Gasteiger partial charge in [0.15, 0.2) is 6.29 Å². The zero-order valence-electron chi connectivity index (χ0n) is 11.6. The molecule has 0 saturated carbocycles. The summed E-state index contributed by atoms with van der Waals surface area (Å²) in [5.41, 5.74) is 2.45. The smallest absolute Gasteiger partial charge is 0.194 e. The second-order valence-corrected chi connectivity index (χ2v) is 5.23. The lowest BCUT2D eigenvalue weighted by Gasteiger charge is -2.26. The van der Waals surface area contributed by atoms with Crippen LogP contribution in [0.2, 0.25) is 0 Å². The predicted molar refractivity (Wildman–Crippen MR) is 77.3 cm³/mol. The molecular weight excluding hydrogens is 236 g/mol. The van der Waals surface area contributed by atoms with Gasteiger partial charge >= 0.3 is 0 Å². The van der Waals surface area contributed by atoms with Gasteiger partial charge < -0.3 is 9.84 Å². The van der Waals surface area contributed by atoms with Crippen molar-refractivity contribution in [2.45, 2.75) is 32.5 Å². The Balaban J connectivity index is 2.26. The first kappa shape index (κ1) is 13.6. The fourth-order valence-corrected chi connectivity index (χ4v) is 2.17. The topological polar surface area (TPSA) is 29.5 Å². The van der Waals surface area contributed by atoms with Crippen molar-refractivity contribution >= 4 is 0 Å². The van der Waals surface area contributed by atoms with Crippen LogP contribution in [0.5, 0.6) is 5.75 Å². The SMILES string of the molecule is CC(O)Oc1ccc(C(C)(C)c2ccccc2)cc1. The molecule has 0 spiro atoms. The van der Waals surface area contributed by atoms with Crippen molar-refractivity contribution < 1.29 is 9.84 Å². The summed E-state index contributed by atoms with van der Waals surface area (Å²) in [7, 11) is 0. The molecule has 0 amide bonds. The first-order valence-electron chi connectivity index (χ1n) is 6.51. The first-order valence-corrected chi connectivity index (χ1v) is 6.51. The van der Waals surface area contributed by atoms with Gasteiger partial charge in [-0.05, 0) is 30.2 Å². The highest BCUT2D eigenvalue weighted by Crippen LogP contribution is 2.32. The molecule has 0 aliphatic carbocycles. The third kappa shape index (κ3) is 3.15. The van der Waals surface area contributed by atoms with Crippen LogP contribution in [0.25, 0.3) is 0 Å². The van der Waals surface area contributed by atoms with Crippen LogP contribution >= 0.6 is 0 Å². The van der Waals surface area contributed by atoms with Gasteiger partial charge in [-0.15, -0.1) is 0 Å². The molecule has 2 heteroatoms. The third-order valence-corrected chi connectivity index (χ3v) is 3.38. The third-order valence-electron chi connectivity index (χ3n) is 3.38. The highest BCUT2D eigenvalue weighted by molar-refractivity contribution is 5.39. The normalized spacial score (nSPS) is 13.1. The van der Waals surface area contributed by atoms with Crippen molar-refractivity contribution in [1.82, 2.24) is 0 Å². The fourth-order valence-electron chi connectivity index (χ4n) is 2.17. The molecule has 1 unspecified atom stereocenters. The molecule has 0 aliphatic heterocycles. The van der Waals surface area contributed by atoms with E-state index in [0.29, 0.717) is 5.75 Å². The molecular formula is C17H20O2. The number of aliphatic hydroxyl groups is 1. The van der Waals surface area contributed by atoms with Gasteiger partial charge in [-0.2, -0.15) is 0 Å². The minimum atomic E-state index is -0.784. The van der Waals surface area contributed by atoms with Crippen LogP contribution in [0.1, 0.15) is 31.9 Å². The van der Waals surface area contributed by atoms with Gasteiger partial charge in [-0.25, -0.2) is 0 Å². The number of hydrogen-bond donors (Lipinski definition) is 1. The maximum atomic E-state index is 9.19. The molecule has 0 aromatic heterocycles. The molecule has 2 aromatic rings. The van der Waals surface area contributed by atoms with Crippen LogP contribution < -0.4 is 4.74 Å². The fraction of sp³-hybridized carbons (Fsp3) is 0.294. The number of aliphatic hydroxyl groups excluding tert-OH is 1. The summed E-state index contributed by atoms with van der Waals surface area (Å²) in [6.45, 7) is 6.00. The molecule has 2 nitrogen and oxygen atoms in total. The lowest BCUT2D eigenvalue weighted by Crippen LogP contribution is -2.18. The molecule has 2 aromatic carbocycles. The summed E-state index contributed by atoms with van der Waals surface area (Å²) in [6, 6.07) is 18.3. The molecule has 0 saturated heterocycles. The van der Waals surface area contributed by atoms with E-state index in [1.54, 1.807) is 6.92 Å². The highest BCUT2D eigenvalue weighted by atomic mass is 16.6. The molecule has 0 bridgehead atoms. The largest absolute Gasteiger partial charge is 0.465 e. The second-order valence-electron chi connectivity index (χ2n) is 5.23. The molecule has 100 valence electrons. The van der Waals surface area contributed by atoms with E-state index in [9.17, 15) is 5.11 Å². The van der Waals surface area contributed by atoms with Crippen LogP contribution in [0, 0.1) is 0 Å². The van der Waals surface area contributed by atoms with Crippen LogP contribution in [0.3, 0.4) is 0 Å². The molecule has 2 rings (SSSR count). The van der Waals surface area contributed by atoms with E-state index in [-0.39, 0.29) is 5.41 Å². The van der Waals surface area contributed by atoms with E-state index >= 15 is 0 Å². The Bertz CT molecular complexity index is 513. The van der Waals surface area contributed by atoms with Crippen LogP contribution in [-0.2, 0) is 5.41 Å². The molecule has 0 fully saturated rings. The Kier molecular flexibility index (Phi) is 3.91. The molecule has 0 heterocycles. The summed E-state index contributed by atoms with van der Waals surface area (Å²) in [6.07, 6.45) is -0.784. The maximum absolute atomic E-state index is 9.19. The summed E-state index contributed by atoms with van der Waals surface area (Å²) in [5, 5.41) is 9.19. The van der Waals surface area contributed by atoms with E-state index < -0.39 is 6.29 Å². The minimum absolute atomic E-state index is 0.0510. The Hall–Kier alpha value is -1.80. The van der Waals surface area contributed by atoms with Crippen LogP contribution in [0.15, 0.2) is 54.6 Å². The van der Waals surface area contributed by atoms with Gasteiger partial charge in [-0.3, -0.25) is 0 Å². The molecule has 1 N–H and O–H groups in total. The van der Waals surface area contributed by atoms with E-state index in [0.717, 1.165) is 0 Å². The van der Waals surface area contributed by atoms with Gasteiger partial charge in [0, 0.05) is 5.41 Å². The van der Waals surface area contributed by atoms with E-state index in [2.05, 4.69) is 38.1 Å². The number of benzene rings is 2. The minimum Gasteiger partial charge on any atom is -0.465 e. The van der Waals surface area contributed by atoms with Gasteiger partial charge in [0.25, 0.3) is 0 Å². The molecule has 0 aliphatic rings. The number of hydrogen-bond acceptors (Lipinski definition) is 2. The summed E-state index contributed by atoms with van der Waals surface area (Å²) in [5.74, 6) is 0.683. The summed E-state index contributed by atoms with van der Waals surface area (Å²) < 4.78 is 5.24. The van der Waals surface area contributed by atoms with Gasteiger partial charge in [-0.1, -0.05) is 56.3 Å². The monoisotopic (exact) mass is 256 g/mol. The van der Waals surface area contributed by atoms with Gasteiger partial charge in [0.1, 0.15) is 5.75 Å². The Morgan fingerprint density at radius 1 is 0.895 bits per heavy atom. The van der Waals surface area contributed by atoms with Gasteiger partial charge in [0.05, 0.1) is 0 Å². The van der Waals surface area contributed by atoms with Crippen molar-refractivity contribution in [2.75, 3.05) is 0 Å². The summed E-state index contributed by atoms with van der Waals surface area (Å²) >= 11 is 0. The van der Waals surface area contributed by atoms with Crippen molar-refractivity contribution in [1.29, 1.82) is 0 Å². The lowest BCUT2D eigenvalue weighted by atomic mass is 9.78. The van der Waals surface area contributed by atoms with E-state index in [1.165, 1.54) is 11.1 Å². The van der Waals surface area contributed by atoms with E-state index in [1.807, 2.05) is 30.3 Å². The van der Waals surface area contributed by atoms with Crippen molar-refractivity contribution in [3.63, 3.8) is 0 Å². The van der Waals surface area contributed by atoms with E-state index in [4.69, 9.17) is 4.74 Å². The van der Waals surface area contributed by atoms with Crippen LogP contribution in [-0.4, -0.2) is 11.4 Å². The molecule has 19 heavy (non-hydrogen) atoms. The van der Waals surface area contributed by atoms with Crippen molar-refractivity contribution in [3.05, 3.63) is 65.7 Å². The molecule has 0 radical (unpaired) electrons. The van der Waals surface area contributed by atoms with Crippen LogP contribution in [0.4, 0.5) is 0 Å². The summed E-state index contributed by atoms with van der Waals surface area (Å²) in [4.78, 5) is 0. The van der Waals surface area contributed by atoms with Gasteiger partial charge in [0.2, 0.25) is 0 Å². The lowest BCUT2D eigenvalue weighted by molar-refractivity contribution is -0.000307. The zero-order chi connectivity index (χ0) is 13.9. The Morgan fingerprint density at radius 3 is 1.95 bits per heavy atom. The van der Waals surface area contributed by atoms with Crippen molar-refractivity contribution in [2.24, 2.45) is 0 Å². The Morgan fingerprint density at radius 2 is 1.42 bits per heavy atom. The zero-order valence-corrected chi connectivity index (χ0v) is 11.6. The predicted octanol–water partition coefficient (Wildman–Crippen LogP) is 3.73. The standard InChI is InChI=1S/C17H20O2/c1-13(18)19-16-11-9-15(10-12-16)17(2,3)14-7-5-4-6-8-14/h4-13,18H,1-3H3. The number of rotatable bonds is 4.